The number of hydrogen-bond donors (Lipinski definition) is 0. The highest BCUT2D eigenvalue weighted by Gasteiger charge is 2.15. The van der Waals surface area contributed by atoms with Crippen LogP contribution in [0.25, 0.3) is 0 Å². The van der Waals surface area contributed by atoms with Crippen LogP contribution >= 0.6 is 0 Å². The zero-order chi connectivity index (χ0) is 13.8. The molecule has 2 aromatic carbocycles. The van der Waals surface area contributed by atoms with Crippen molar-refractivity contribution in [3.63, 3.8) is 0 Å². The molecule has 0 aromatic heterocycles. The van der Waals surface area contributed by atoms with E-state index in [2.05, 4.69) is 29.2 Å². The van der Waals surface area contributed by atoms with Crippen molar-refractivity contribution >= 4 is 0 Å². The molecule has 3 rings (SSSR count). The summed E-state index contributed by atoms with van der Waals surface area (Å²) in [6, 6.07) is 14.8. The average molecular weight is 271 g/mol. The van der Waals surface area contributed by atoms with Gasteiger partial charge in [-0.15, -0.1) is 0 Å². The Morgan fingerprint density at radius 3 is 2.55 bits per heavy atom. The van der Waals surface area contributed by atoms with Gasteiger partial charge >= 0.3 is 0 Å². The maximum Gasteiger partial charge on any atom is 0.123 e. The standard InChI is InChI=1S/C17H18FNO/c18-16-5-7-17(8-6-16)20-12-11-19-10-9-14-3-1-2-4-15(14)13-19/h1-8H,9-13H2. The second kappa shape index (κ2) is 6.06. The van der Waals surface area contributed by atoms with Gasteiger partial charge in [-0.05, 0) is 41.8 Å². The first-order chi connectivity index (χ1) is 9.81. The fraction of sp³-hybridized carbons (Fsp3) is 0.294. The summed E-state index contributed by atoms with van der Waals surface area (Å²) in [6.07, 6.45) is 1.10. The first-order valence-corrected chi connectivity index (χ1v) is 6.99. The van der Waals surface area contributed by atoms with Gasteiger partial charge in [0.1, 0.15) is 18.2 Å². The van der Waals surface area contributed by atoms with Gasteiger partial charge < -0.3 is 4.74 Å². The van der Waals surface area contributed by atoms with E-state index in [4.69, 9.17) is 4.74 Å². The molecule has 0 saturated heterocycles. The summed E-state index contributed by atoms with van der Waals surface area (Å²) in [5.74, 6) is 0.494. The van der Waals surface area contributed by atoms with Crippen LogP contribution in [0.4, 0.5) is 4.39 Å². The molecule has 0 unspecified atom stereocenters. The van der Waals surface area contributed by atoms with Crippen molar-refractivity contribution in [2.45, 2.75) is 13.0 Å². The fourth-order valence-corrected chi connectivity index (χ4v) is 2.57. The number of fused-ring (bicyclic) bond motifs is 1. The Balaban J connectivity index is 1.49. The molecule has 0 bridgehead atoms. The van der Waals surface area contributed by atoms with Crippen LogP contribution in [0.3, 0.4) is 0 Å². The van der Waals surface area contributed by atoms with E-state index in [1.165, 1.54) is 23.3 Å². The Morgan fingerprint density at radius 1 is 1.00 bits per heavy atom. The minimum absolute atomic E-state index is 0.231. The Bertz CT molecular complexity index is 567. The van der Waals surface area contributed by atoms with Gasteiger partial charge in [0.2, 0.25) is 0 Å². The summed E-state index contributed by atoms with van der Waals surface area (Å²) in [4.78, 5) is 2.39. The third kappa shape index (κ3) is 3.17. The maximum atomic E-state index is 12.8. The Labute approximate surface area is 118 Å². The second-order valence-corrected chi connectivity index (χ2v) is 5.10. The molecule has 3 heteroatoms. The number of rotatable bonds is 4. The molecule has 0 amide bonds. The molecule has 0 aliphatic carbocycles. The first-order valence-electron chi connectivity index (χ1n) is 6.99. The van der Waals surface area contributed by atoms with Crippen molar-refractivity contribution in [1.29, 1.82) is 0 Å². The summed E-state index contributed by atoms with van der Waals surface area (Å²) >= 11 is 0. The number of nitrogens with zero attached hydrogens (tertiary/aromatic N) is 1. The smallest absolute Gasteiger partial charge is 0.123 e. The van der Waals surface area contributed by atoms with Gasteiger partial charge in [0.25, 0.3) is 0 Å². The van der Waals surface area contributed by atoms with E-state index in [0.29, 0.717) is 6.61 Å². The Kier molecular flexibility index (Phi) is 3.97. The summed E-state index contributed by atoms with van der Waals surface area (Å²) < 4.78 is 18.4. The largest absolute Gasteiger partial charge is 0.492 e. The highest BCUT2D eigenvalue weighted by Crippen LogP contribution is 2.18. The predicted molar refractivity (Wildman–Crippen MR) is 77.3 cm³/mol. The Morgan fingerprint density at radius 2 is 1.75 bits per heavy atom. The quantitative estimate of drug-likeness (QED) is 0.846. The average Bonchev–Trinajstić information content (AvgIpc) is 2.49. The minimum Gasteiger partial charge on any atom is -0.492 e. The monoisotopic (exact) mass is 271 g/mol. The molecule has 2 aromatic rings. The van der Waals surface area contributed by atoms with E-state index in [1.54, 1.807) is 12.1 Å². The van der Waals surface area contributed by atoms with Gasteiger partial charge in [-0.3, -0.25) is 4.90 Å². The van der Waals surface area contributed by atoms with Crippen LogP contribution in [-0.2, 0) is 13.0 Å². The van der Waals surface area contributed by atoms with Gasteiger partial charge in [-0.2, -0.15) is 0 Å². The van der Waals surface area contributed by atoms with E-state index in [1.807, 2.05) is 0 Å². The van der Waals surface area contributed by atoms with E-state index in [9.17, 15) is 4.39 Å². The molecule has 0 radical (unpaired) electrons. The van der Waals surface area contributed by atoms with E-state index in [-0.39, 0.29) is 5.82 Å². The van der Waals surface area contributed by atoms with Gasteiger partial charge in [-0.1, -0.05) is 24.3 Å². The number of hydrogen-bond acceptors (Lipinski definition) is 2. The molecule has 0 atom stereocenters. The zero-order valence-corrected chi connectivity index (χ0v) is 11.4. The van der Waals surface area contributed by atoms with E-state index >= 15 is 0 Å². The highest BCUT2D eigenvalue weighted by atomic mass is 19.1. The van der Waals surface area contributed by atoms with Crippen LogP contribution in [0.2, 0.25) is 0 Å². The maximum absolute atomic E-state index is 12.8. The molecule has 0 N–H and O–H groups in total. The molecule has 0 fully saturated rings. The molecule has 20 heavy (non-hydrogen) atoms. The minimum atomic E-state index is -0.231. The van der Waals surface area contributed by atoms with Crippen LogP contribution < -0.4 is 4.74 Å². The fourth-order valence-electron chi connectivity index (χ4n) is 2.57. The van der Waals surface area contributed by atoms with Crippen LogP contribution in [-0.4, -0.2) is 24.6 Å². The Hall–Kier alpha value is -1.87. The van der Waals surface area contributed by atoms with Crippen LogP contribution in [0.15, 0.2) is 48.5 Å². The van der Waals surface area contributed by atoms with E-state index in [0.717, 1.165) is 31.8 Å². The van der Waals surface area contributed by atoms with Crippen molar-refractivity contribution in [2.24, 2.45) is 0 Å². The lowest BCUT2D eigenvalue weighted by atomic mass is 10.0. The molecular weight excluding hydrogens is 253 g/mol. The summed E-state index contributed by atoms with van der Waals surface area (Å²) in [5, 5.41) is 0. The van der Waals surface area contributed by atoms with Crippen molar-refractivity contribution < 1.29 is 9.13 Å². The van der Waals surface area contributed by atoms with Gasteiger partial charge in [-0.25, -0.2) is 4.39 Å². The van der Waals surface area contributed by atoms with Crippen molar-refractivity contribution in [3.8, 4) is 5.75 Å². The lowest BCUT2D eigenvalue weighted by Gasteiger charge is -2.28. The molecule has 0 saturated carbocycles. The second-order valence-electron chi connectivity index (χ2n) is 5.10. The molecule has 104 valence electrons. The molecule has 0 spiro atoms. The summed E-state index contributed by atoms with van der Waals surface area (Å²) in [6.45, 7) is 3.59. The predicted octanol–water partition coefficient (Wildman–Crippen LogP) is 3.26. The van der Waals surface area contributed by atoms with Crippen molar-refractivity contribution in [2.75, 3.05) is 19.7 Å². The first kappa shape index (κ1) is 13.1. The SMILES string of the molecule is Fc1ccc(OCCN2CCc3ccccc3C2)cc1. The number of halogens is 1. The lowest BCUT2D eigenvalue weighted by Crippen LogP contribution is -2.33. The van der Waals surface area contributed by atoms with Crippen LogP contribution in [0.5, 0.6) is 5.75 Å². The normalized spacial score (nSPS) is 14.8. The lowest BCUT2D eigenvalue weighted by molar-refractivity contribution is 0.196. The topological polar surface area (TPSA) is 12.5 Å². The summed E-state index contributed by atoms with van der Waals surface area (Å²) in [7, 11) is 0. The number of ether oxygens (including phenoxy) is 1. The van der Waals surface area contributed by atoms with Crippen LogP contribution in [0.1, 0.15) is 11.1 Å². The third-order valence-corrected chi connectivity index (χ3v) is 3.70. The molecule has 1 aliphatic heterocycles. The highest BCUT2D eigenvalue weighted by molar-refractivity contribution is 5.29. The molecular formula is C17H18FNO. The third-order valence-electron chi connectivity index (χ3n) is 3.70. The molecule has 1 aliphatic rings. The van der Waals surface area contributed by atoms with Gasteiger partial charge in [0, 0.05) is 19.6 Å². The zero-order valence-electron chi connectivity index (χ0n) is 11.4. The van der Waals surface area contributed by atoms with Gasteiger partial charge in [0.15, 0.2) is 0 Å². The number of benzene rings is 2. The van der Waals surface area contributed by atoms with Gasteiger partial charge in [0.05, 0.1) is 0 Å². The summed E-state index contributed by atoms with van der Waals surface area (Å²) in [5.41, 5.74) is 2.88. The van der Waals surface area contributed by atoms with Crippen molar-refractivity contribution in [1.82, 2.24) is 4.90 Å². The molecule has 1 heterocycles. The van der Waals surface area contributed by atoms with Crippen LogP contribution in [0, 0.1) is 5.82 Å². The molecule has 2 nitrogen and oxygen atoms in total. The van der Waals surface area contributed by atoms with E-state index < -0.39 is 0 Å². The van der Waals surface area contributed by atoms with Crippen molar-refractivity contribution in [3.05, 3.63) is 65.5 Å².